The van der Waals surface area contributed by atoms with Gasteiger partial charge < -0.3 is 0 Å². The Morgan fingerprint density at radius 1 is 1.25 bits per heavy atom. The van der Waals surface area contributed by atoms with Crippen LogP contribution >= 0.6 is 0 Å². The molecule has 3 heteroatoms. The molecule has 2 aliphatic carbocycles. The first-order valence-electron chi connectivity index (χ1n) is 10.6. The van der Waals surface area contributed by atoms with Crippen LogP contribution in [0.5, 0.6) is 0 Å². The molecule has 0 saturated heterocycles. The molecule has 28 heavy (non-hydrogen) atoms. The lowest BCUT2D eigenvalue weighted by atomic mass is 9.60. The molecule has 0 amide bonds. The normalized spacial score (nSPS) is 24.2. The van der Waals surface area contributed by atoms with E-state index >= 15 is 0 Å². The SMILES string of the molecule is CC[C@@]12CCC(=O)C[C@@H]1CCCc1cc(C(=O)Cc3cccnc3C)ccc12. The highest BCUT2D eigenvalue weighted by atomic mass is 16.1. The van der Waals surface area contributed by atoms with Crippen molar-refractivity contribution in [2.45, 2.75) is 70.6 Å². The van der Waals surface area contributed by atoms with Crippen LogP contribution in [0.25, 0.3) is 0 Å². The summed E-state index contributed by atoms with van der Waals surface area (Å²) >= 11 is 0. The second-order valence-corrected chi connectivity index (χ2v) is 8.56. The Kier molecular flexibility index (Phi) is 5.18. The van der Waals surface area contributed by atoms with E-state index in [1.807, 2.05) is 25.1 Å². The number of pyridine rings is 1. The first-order chi connectivity index (χ1) is 13.5. The molecule has 2 aromatic rings. The van der Waals surface area contributed by atoms with Crippen molar-refractivity contribution in [3.63, 3.8) is 0 Å². The molecule has 1 fully saturated rings. The number of aromatic nitrogens is 1. The molecule has 0 aliphatic heterocycles. The first kappa shape index (κ1) is 19.0. The van der Waals surface area contributed by atoms with E-state index in [1.165, 1.54) is 11.1 Å². The van der Waals surface area contributed by atoms with Crippen LogP contribution in [0.1, 0.15) is 78.2 Å². The summed E-state index contributed by atoms with van der Waals surface area (Å²) in [7, 11) is 0. The number of carbonyl (C=O) groups is 2. The maximum Gasteiger partial charge on any atom is 0.167 e. The summed E-state index contributed by atoms with van der Waals surface area (Å²) in [5.74, 6) is 1.04. The predicted molar refractivity (Wildman–Crippen MR) is 111 cm³/mol. The van der Waals surface area contributed by atoms with Gasteiger partial charge in [0, 0.05) is 36.7 Å². The Balaban J connectivity index is 1.66. The molecule has 3 nitrogen and oxygen atoms in total. The van der Waals surface area contributed by atoms with Crippen LogP contribution in [-0.4, -0.2) is 16.6 Å². The molecule has 0 spiro atoms. The standard InChI is InChI=1S/C25H29NO2/c1-3-25-12-11-22(27)16-21(25)8-4-6-19-14-20(9-10-23(19)25)24(28)15-18-7-5-13-26-17(18)2/h5,7,9-10,13-14,21H,3-4,6,8,11-12,15-16H2,1-2H3/t21-,25+/m0/s1. The van der Waals surface area contributed by atoms with Gasteiger partial charge in [0.15, 0.2) is 5.78 Å². The minimum atomic E-state index is 0.112. The van der Waals surface area contributed by atoms with Gasteiger partial charge in [0.2, 0.25) is 0 Å². The van der Waals surface area contributed by atoms with Gasteiger partial charge in [0.05, 0.1) is 0 Å². The summed E-state index contributed by atoms with van der Waals surface area (Å²) in [5.41, 5.74) is 5.56. The fraction of sp³-hybridized carbons (Fsp3) is 0.480. The van der Waals surface area contributed by atoms with Crippen molar-refractivity contribution in [2.75, 3.05) is 0 Å². The van der Waals surface area contributed by atoms with E-state index in [0.717, 1.165) is 55.3 Å². The van der Waals surface area contributed by atoms with E-state index in [2.05, 4.69) is 24.0 Å². The minimum absolute atomic E-state index is 0.112. The first-order valence-corrected chi connectivity index (χ1v) is 10.6. The van der Waals surface area contributed by atoms with Crippen LogP contribution in [0.3, 0.4) is 0 Å². The number of aryl methyl sites for hydroxylation is 2. The van der Waals surface area contributed by atoms with Gasteiger partial charge in [-0.3, -0.25) is 14.6 Å². The van der Waals surface area contributed by atoms with Gasteiger partial charge >= 0.3 is 0 Å². The number of hydrogen-bond donors (Lipinski definition) is 0. The Morgan fingerprint density at radius 3 is 2.89 bits per heavy atom. The lowest BCUT2D eigenvalue weighted by Crippen LogP contribution is -2.40. The molecule has 0 bridgehead atoms. The van der Waals surface area contributed by atoms with E-state index in [-0.39, 0.29) is 11.2 Å². The van der Waals surface area contributed by atoms with Gasteiger partial charge in [0.25, 0.3) is 0 Å². The fourth-order valence-corrected chi connectivity index (χ4v) is 5.51. The molecule has 1 saturated carbocycles. The third-order valence-electron chi connectivity index (χ3n) is 7.17. The van der Waals surface area contributed by atoms with Crippen molar-refractivity contribution >= 4 is 11.6 Å². The topological polar surface area (TPSA) is 47.0 Å². The van der Waals surface area contributed by atoms with E-state index in [1.54, 1.807) is 6.20 Å². The number of Topliss-reactive ketones (excluding diaryl/α,β-unsaturated/α-hetero) is 2. The number of nitrogens with zero attached hydrogens (tertiary/aromatic N) is 1. The van der Waals surface area contributed by atoms with Crippen LogP contribution in [0.4, 0.5) is 0 Å². The van der Waals surface area contributed by atoms with Gasteiger partial charge in [-0.25, -0.2) is 0 Å². The largest absolute Gasteiger partial charge is 0.300 e. The van der Waals surface area contributed by atoms with Crippen LogP contribution in [0, 0.1) is 12.8 Å². The van der Waals surface area contributed by atoms with Crippen LogP contribution in [0.15, 0.2) is 36.5 Å². The van der Waals surface area contributed by atoms with E-state index < -0.39 is 0 Å². The minimum Gasteiger partial charge on any atom is -0.300 e. The van der Waals surface area contributed by atoms with Crippen molar-refractivity contribution in [3.8, 4) is 0 Å². The highest BCUT2D eigenvalue weighted by Crippen LogP contribution is 2.50. The molecular weight excluding hydrogens is 346 g/mol. The van der Waals surface area contributed by atoms with Crippen molar-refractivity contribution in [2.24, 2.45) is 5.92 Å². The van der Waals surface area contributed by atoms with Crippen molar-refractivity contribution in [1.82, 2.24) is 4.98 Å². The van der Waals surface area contributed by atoms with Gasteiger partial charge in [0.1, 0.15) is 5.78 Å². The number of rotatable bonds is 4. The lowest BCUT2D eigenvalue weighted by Gasteiger charge is -2.43. The van der Waals surface area contributed by atoms with E-state index in [0.29, 0.717) is 24.5 Å². The van der Waals surface area contributed by atoms with Crippen molar-refractivity contribution < 1.29 is 9.59 Å². The van der Waals surface area contributed by atoms with E-state index in [4.69, 9.17) is 0 Å². The predicted octanol–water partition coefficient (Wildman–Crippen LogP) is 5.17. The Morgan fingerprint density at radius 2 is 2.11 bits per heavy atom. The van der Waals surface area contributed by atoms with Crippen molar-refractivity contribution in [1.29, 1.82) is 0 Å². The quantitative estimate of drug-likeness (QED) is 0.693. The molecule has 4 rings (SSSR count). The Bertz CT molecular complexity index is 917. The fourth-order valence-electron chi connectivity index (χ4n) is 5.51. The third kappa shape index (κ3) is 3.32. The second-order valence-electron chi connectivity index (χ2n) is 8.56. The summed E-state index contributed by atoms with van der Waals surface area (Å²) in [6.45, 7) is 4.22. The Labute approximate surface area is 167 Å². The van der Waals surface area contributed by atoms with Crippen LogP contribution in [0.2, 0.25) is 0 Å². The average molecular weight is 376 g/mol. The second kappa shape index (κ2) is 7.62. The Hall–Kier alpha value is -2.29. The summed E-state index contributed by atoms with van der Waals surface area (Å²) in [5, 5.41) is 0. The number of ketones is 2. The highest BCUT2D eigenvalue weighted by molar-refractivity contribution is 5.98. The van der Waals surface area contributed by atoms with Gasteiger partial charge in [-0.15, -0.1) is 0 Å². The third-order valence-corrected chi connectivity index (χ3v) is 7.17. The molecule has 0 N–H and O–H groups in total. The monoisotopic (exact) mass is 375 g/mol. The number of hydrogen-bond acceptors (Lipinski definition) is 3. The molecular formula is C25H29NO2. The van der Waals surface area contributed by atoms with Crippen LogP contribution in [-0.2, 0) is 23.1 Å². The molecule has 0 radical (unpaired) electrons. The zero-order chi connectivity index (χ0) is 19.7. The van der Waals surface area contributed by atoms with E-state index in [9.17, 15) is 9.59 Å². The lowest BCUT2D eigenvalue weighted by molar-refractivity contribution is -0.123. The smallest absolute Gasteiger partial charge is 0.167 e. The molecule has 2 aliphatic rings. The van der Waals surface area contributed by atoms with Gasteiger partial charge in [-0.05, 0) is 79.2 Å². The maximum atomic E-state index is 12.9. The molecule has 146 valence electrons. The molecule has 0 unspecified atom stereocenters. The average Bonchev–Trinajstić information content (AvgIpc) is 2.86. The molecule has 1 heterocycles. The number of benzene rings is 1. The summed E-state index contributed by atoms with van der Waals surface area (Å²) in [6.07, 6.45) is 8.85. The number of carbonyl (C=O) groups excluding carboxylic acids is 2. The number of fused-ring (bicyclic) bond motifs is 3. The zero-order valence-corrected chi connectivity index (χ0v) is 17.0. The van der Waals surface area contributed by atoms with Crippen molar-refractivity contribution in [3.05, 3.63) is 64.5 Å². The maximum absolute atomic E-state index is 12.9. The van der Waals surface area contributed by atoms with Crippen LogP contribution < -0.4 is 0 Å². The highest BCUT2D eigenvalue weighted by Gasteiger charge is 2.45. The summed E-state index contributed by atoms with van der Waals surface area (Å²) in [4.78, 5) is 29.3. The van der Waals surface area contributed by atoms with Gasteiger partial charge in [-0.2, -0.15) is 0 Å². The zero-order valence-electron chi connectivity index (χ0n) is 17.0. The molecule has 1 aromatic carbocycles. The van der Waals surface area contributed by atoms with Gasteiger partial charge in [-0.1, -0.05) is 25.1 Å². The molecule has 1 aromatic heterocycles. The molecule has 2 atom stereocenters. The summed E-state index contributed by atoms with van der Waals surface area (Å²) in [6, 6.07) is 10.2. The summed E-state index contributed by atoms with van der Waals surface area (Å²) < 4.78 is 0.